The van der Waals surface area contributed by atoms with E-state index in [0.717, 1.165) is 32.4 Å². The zero-order chi connectivity index (χ0) is 15.2. The van der Waals surface area contributed by atoms with Crippen LogP contribution in [0.1, 0.15) is 24.8 Å². The van der Waals surface area contributed by atoms with E-state index in [4.69, 9.17) is 0 Å². The van der Waals surface area contributed by atoms with Gasteiger partial charge in [0.25, 0.3) is 0 Å². The topological polar surface area (TPSA) is 41.1 Å². The number of hydrogen-bond acceptors (Lipinski definition) is 2. The molecule has 1 aliphatic heterocycles. The maximum atomic E-state index is 12.0. The molecule has 1 atom stereocenters. The van der Waals surface area contributed by atoms with Gasteiger partial charge in [0.2, 0.25) is 5.91 Å². The minimum atomic E-state index is -0.0668. The summed E-state index contributed by atoms with van der Waals surface area (Å²) in [5.41, 5.74) is 3.64. The second-order valence-electron chi connectivity index (χ2n) is 5.79. The molecule has 0 spiro atoms. The Hall–Kier alpha value is -2.13. The summed E-state index contributed by atoms with van der Waals surface area (Å²) < 4.78 is 0. The molecule has 1 fully saturated rings. The van der Waals surface area contributed by atoms with Crippen molar-refractivity contribution in [2.45, 2.75) is 31.8 Å². The van der Waals surface area contributed by atoms with Crippen molar-refractivity contribution >= 4 is 5.91 Å². The fourth-order valence-corrected chi connectivity index (χ4v) is 2.87. The van der Waals surface area contributed by atoms with Crippen LogP contribution in [0.15, 0.2) is 54.6 Å². The lowest BCUT2D eigenvalue weighted by Gasteiger charge is -2.15. The van der Waals surface area contributed by atoms with Crippen LogP contribution in [-0.4, -0.2) is 18.5 Å². The van der Waals surface area contributed by atoms with Crippen molar-refractivity contribution in [3.63, 3.8) is 0 Å². The van der Waals surface area contributed by atoms with Crippen LogP contribution < -0.4 is 10.6 Å². The summed E-state index contributed by atoms with van der Waals surface area (Å²) in [6.07, 6.45) is 3.10. The van der Waals surface area contributed by atoms with E-state index in [2.05, 4.69) is 59.2 Å². The van der Waals surface area contributed by atoms with Crippen molar-refractivity contribution in [3.8, 4) is 11.1 Å². The molecule has 1 heterocycles. The lowest BCUT2D eigenvalue weighted by atomic mass is 10.0. The normalized spacial score (nSPS) is 18.5. The van der Waals surface area contributed by atoms with Gasteiger partial charge in [0.05, 0.1) is 6.04 Å². The third-order valence-corrected chi connectivity index (χ3v) is 4.12. The zero-order valence-corrected chi connectivity index (χ0v) is 12.7. The standard InChI is InChI=1S/C19H22N2O/c22-19-18(11-4-5-12-20-19)21-14-15-7-6-10-17(13-15)16-8-2-1-3-9-16/h1-3,6-10,13,18,21H,4-5,11-12,14H2,(H,20,22)/t18-/m0/s1. The van der Waals surface area contributed by atoms with E-state index in [1.165, 1.54) is 16.7 Å². The SMILES string of the molecule is O=C1NCCCC[C@@H]1NCc1cccc(-c2ccccc2)c1. The van der Waals surface area contributed by atoms with Crippen LogP contribution in [0.3, 0.4) is 0 Å². The largest absolute Gasteiger partial charge is 0.355 e. The van der Waals surface area contributed by atoms with Gasteiger partial charge < -0.3 is 10.6 Å². The van der Waals surface area contributed by atoms with Crippen LogP contribution in [0, 0.1) is 0 Å². The van der Waals surface area contributed by atoms with E-state index in [1.54, 1.807) is 0 Å². The maximum Gasteiger partial charge on any atom is 0.237 e. The van der Waals surface area contributed by atoms with Gasteiger partial charge in [0.1, 0.15) is 0 Å². The molecule has 0 radical (unpaired) electrons. The molecule has 3 rings (SSSR count). The van der Waals surface area contributed by atoms with Crippen LogP contribution in [0.4, 0.5) is 0 Å². The number of carbonyl (C=O) groups excluding carboxylic acids is 1. The van der Waals surface area contributed by atoms with Gasteiger partial charge in [0.15, 0.2) is 0 Å². The highest BCUT2D eigenvalue weighted by Gasteiger charge is 2.19. The molecule has 0 saturated carbocycles. The van der Waals surface area contributed by atoms with E-state index in [-0.39, 0.29) is 11.9 Å². The number of nitrogens with one attached hydrogen (secondary N) is 2. The third kappa shape index (κ3) is 3.74. The first kappa shape index (κ1) is 14.8. The number of rotatable bonds is 4. The van der Waals surface area contributed by atoms with Crippen LogP contribution in [0.5, 0.6) is 0 Å². The predicted octanol–water partition coefficient (Wildman–Crippen LogP) is 3.11. The Labute approximate surface area is 131 Å². The van der Waals surface area contributed by atoms with Gasteiger partial charge in [-0.25, -0.2) is 0 Å². The Kier molecular flexibility index (Phi) is 4.86. The molecule has 1 aliphatic rings. The molecule has 0 bridgehead atoms. The quantitative estimate of drug-likeness (QED) is 0.909. The molecular formula is C19H22N2O. The second kappa shape index (κ2) is 7.23. The van der Waals surface area contributed by atoms with Crippen molar-refractivity contribution in [1.82, 2.24) is 10.6 Å². The highest BCUT2D eigenvalue weighted by Crippen LogP contribution is 2.20. The van der Waals surface area contributed by atoms with Crippen LogP contribution in [-0.2, 0) is 11.3 Å². The Morgan fingerprint density at radius 3 is 2.68 bits per heavy atom. The second-order valence-corrected chi connectivity index (χ2v) is 5.79. The van der Waals surface area contributed by atoms with Gasteiger partial charge in [-0.15, -0.1) is 0 Å². The maximum absolute atomic E-state index is 12.0. The molecule has 3 nitrogen and oxygen atoms in total. The van der Waals surface area contributed by atoms with Crippen LogP contribution in [0.25, 0.3) is 11.1 Å². The molecule has 3 heteroatoms. The first-order valence-electron chi connectivity index (χ1n) is 7.98. The lowest BCUT2D eigenvalue weighted by molar-refractivity contribution is -0.122. The molecule has 1 saturated heterocycles. The average Bonchev–Trinajstić information content (AvgIpc) is 2.78. The summed E-state index contributed by atoms with van der Waals surface area (Å²) in [7, 11) is 0. The van der Waals surface area contributed by atoms with Crippen molar-refractivity contribution < 1.29 is 4.79 Å². The number of amides is 1. The molecule has 2 aromatic carbocycles. The predicted molar refractivity (Wildman–Crippen MR) is 89.4 cm³/mol. The summed E-state index contributed by atoms with van der Waals surface area (Å²) in [6.45, 7) is 1.53. The number of hydrogen-bond donors (Lipinski definition) is 2. The van der Waals surface area contributed by atoms with Crippen LogP contribution >= 0.6 is 0 Å². The molecular weight excluding hydrogens is 272 g/mol. The monoisotopic (exact) mass is 294 g/mol. The summed E-state index contributed by atoms with van der Waals surface area (Å²) in [4.78, 5) is 12.0. The van der Waals surface area contributed by atoms with Crippen LogP contribution in [0.2, 0.25) is 0 Å². The minimum absolute atomic E-state index is 0.0668. The number of benzene rings is 2. The highest BCUT2D eigenvalue weighted by molar-refractivity contribution is 5.81. The molecule has 1 amide bonds. The molecule has 2 N–H and O–H groups in total. The molecule has 0 unspecified atom stereocenters. The molecule has 0 aromatic heterocycles. The Balaban J connectivity index is 1.67. The van der Waals surface area contributed by atoms with Crippen molar-refractivity contribution in [2.75, 3.05) is 6.54 Å². The van der Waals surface area contributed by atoms with E-state index in [1.807, 2.05) is 6.07 Å². The molecule has 2 aromatic rings. The van der Waals surface area contributed by atoms with Gasteiger partial charge in [-0.3, -0.25) is 4.79 Å². The van der Waals surface area contributed by atoms with E-state index < -0.39 is 0 Å². The van der Waals surface area contributed by atoms with E-state index >= 15 is 0 Å². The lowest BCUT2D eigenvalue weighted by Crippen LogP contribution is -2.42. The summed E-state index contributed by atoms with van der Waals surface area (Å²) in [5.74, 6) is 0.136. The molecule has 22 heavy (non-hydrogen) atoms. The first-order valence-corrected chi connectivity index (χ1v) is 7.98. The molecule has 0 aliphatic carbocycles. The average molecular weight is 294 g/mol. The Bertz CT molecular complexity index is 624. The fourth-order valence-electron chi connectivity index (χ4n) is 2.87. The molecule has 114 valence electrons. The summed E-state index contributed by atoms with van der Waals surface area (Å²) in [6, 6.07) is 18.8. The van der Waals surface area contributed by atoms with Gasteiger partial charge in [-0.05, 0) is 42.0 Å². The first-order chi connectivity index (χ1) is 10.8. The van der Waals surface area contributed by atoms with Crippen molar-refractivity contribution in [2.24, 2.45) is 0 Å². The smallest absolute Gasteiger partial charge is 0.237 e. The van der Waals surface area contributed by atoms with Gasteiger partial charge in [-0.1, -0.05) is 48.5 Å². The Morgan fingerprint density at radius 1 is 1.00 bits per heavy atom. The van der Waals surface area contributed by atoms with Gasteiger partial charge in [-0.2, -0.15) is 0 Å². The summed E-state index contributed by atoms with van der Waals surface area (Å²) in [5, 5.41) is 6.36. The van der Waals surface area contributed by atoms with E-state index in [0.29, 0.717) is 0 Å². The highest BCUT2D eigenvalue weighted by atomic mass is 16.2. The fraction of sp³-hybridized carbons (Fsp3) is 0.316. The van der Waals surface area contributed by atoms with Gasteiger partial charge in [0, 0.05) is 13.1 Å². The Morgan fingerprint density at radius 2 is 1.82 bits per heavy atom. The van der Waals surface area contributed by atoms with Crippen molar-refractivity contribution in [1.29, 1.82) is 0 Å². The van der Waals surface area contributed by atoms with Crippen molar-refractivity contribution in [3.05, 3.63) is 60.2 Å². The minimum Gasteiger partial charge on any atom is -0.355 e. The summed E-state index contributed by atoms with van der Waals surface area (Å²) >= 11 is 0. The zero-order valence-electron chi connectivity index (χ0n) is 12.7. The van der Waals surface area contributed by atoms with E-state index in [9.17, 15) is 4.79 Å². The van der Waals surface area contributed by atoms with Gasteiger partial charge >= 0.3 is 0 Å². The number of carbonyl (C=O) groups is 1. The third-order valence-electron chi connectivity index (χ3n) is 4.12.